The van der Waals surface area contributed by atoms with Crippen molar-refractivity contribution in [3.8, 4) is 0 Å². The van der Waals surface area contributed by atoms with E-state index in [1.807, 2.05) is 6.08 Å². The van der Waals surface area contributed by atoms with Crippen molar-refractivity contribution < 1.29 is 0 Å². The molecule has 0 bridgehead atoms. The van der Waals surface area contributed by atoms with E-state index >= 15 is 0 Å². The van der Waals surface area contributed by atoms with E-state index in [4.69, 9.17) is 0 Å². The van der Waals surface area contributed by atoms with Crippen LogP contribution >= 0.6 is 0 Å². The Hall–Kier alpha value is -0.720. The largest absolute Gasteiger partial charge is 0.384 e. The summed E-state index contributed by atoms with van der Waals surface area (Å²) in [5.74, 6) is 0. The van der Waals surface area contributed by atoms with Crippen LogP contribution in [0.4, 0.5) is 0 Å². The van der Waals surface area contributed by atoms with Crippen molar-refractivity contribution in [2.24, 2.45) is 5.41 Å². The maximum absolute atomic E-state index is 3.68. The minimum Gasteiger partial charge on any atom is -0.384 e. The van der Waals surface area contributed by atoms with Gasteiger partial charge in [-0.1, -0.05) is 26.5 Å². The maximum Gasteiger partial charge on any atom is 0.0300 e. The number of hydrogen-bond acceptors (Lipinski definition) is 1. The van der Waals surface area contributed by atoms with Gasteiger partial charge in [-0.15, -0.1) is 0 Å². The molecule has 0 aromatic heterocycles. The molecule has 0 spiro atoms. The van der Waals surface area contributed by atoms with Crippen molar-refractivity contribution in [1.82, 2.24) is 5.32 Å². The molecule has 0 amide bonds. The predicted molar refractivity (Wildman–Crippen MR) is 40.1 cm³/mol. The van der Waals surface area contributed by atoms with Crippen LogP contribution in [0.3, 0.4) is 0 Å². The third-order valence-corrected chi connectivity index (χ3v) is 1.51. The number of hydrogen-bond donors (Lipinski definition) is 1. The lowest BCUT2D eigenvalue weighted by Crippen LogP contribution is -2.17. The summed E-state index contributed by atoms with van der Waals surface area (Å²) in [5.41, 5.74) is 1.49. The Bertz CT molecular complexity index is 154. The lowest BCUT2D eigenvalue weighted by molar-refractivity contribution is 0.496. The first kappa shape index (κ1) is 6.40. The van der Waals surface area contributed by atoms with Crippen LogP contribution in [0.25, 0.3) is 0 Å². The Labute approximate surface area is 56.5 Å². The summed E-state index contributed by atoms with van der Waals surface area (Å²) >= 11 is 0. The second kappa shape index (κ2) is 1.90. The van der Waals surface area contributed by atoms with Gasteiger partial charge in [0.1, 0.15) is 0 Å². The first-order valence-corrected chi connectivity index (χ1v) is 3.23. The van der Waals surface area contributed by atoms with Crippen LogP contribution in [0, 0.1) is 5.41 Å². The molecule has 0 saturated carbocycles. The molecule has 1 aliphatic rings. The summed E-state index contributed by atoms with van der Waals surface area (Å²) < 4.78 is 0. The van der Waals surface area contributed by atoms with Gasteiger partial charge in [0, 0.05) is 17.7 Å². The van der Waals surface area contributed by atoms with E-state index in [0.717, 1.165) is 6.54 Å². The summed E-state index contributed by atoms with van der Waals surface area (Å²) in [6, 6.07) is 0. The van der Waals surface area contributed by atoms with Gasteiger partial charge in [0.2, 0.25) is 0 Å². The topological polar surface area (TPSA) is 12.0 Å². The van der Waals surface area contributed by atoms with Crippen LogP contribution in [0.2, 0.25) is 0 Å². The number of rotatable bonds is 1. The van der Waals surface area contributed by atoms with Gasteiger partial charge in [0.25, 0.3) is 0 Å². The zero-order valence-corrected chi connectivity index (χ0v) is 6.07. The molecule has 9 heavy (non-hydrogen) atoms. The Kier molecular flexibility index (Phi) is 1.35. The van der Waals surface area contributed by atoms with Crippen LogP contribution in [-0.4, -0.2) is 6.54 Å². The molecule has 0 saturated heterocycles. The molecule has 0 atom stereocenters. The summed E-state index contributed by atoms with van der Waals surface area (Å²) in [5, 5.41) is 3.24. The third-order valence-electron chi connectivity index (χ3n) is 1.51. The molecule has 1 rings (SSSR count). The Morgan fingerprint density at radius 1 is 1.78 bits per heavy atom. The molecule has 1 N–H and O–H groups in total. The molecule has 0 unspecified atom stereocenters. The smallest absolute Gasteiger partial charge is 0.0300 e. The molecular formula is C8H13N. The molecule has 1 nitrogen and oxygen atoms in total. The molecule has 50 valence electrons. The van der Waals surface area contributed by atoms with Crippen molar-refractivity contribution in [3.63, 3.8) is 0 Å². The zero-order valence-electron chi connectivity index (χ0n) is 6.07. The molecule has 0 radical (unpaired) electrons. The average molecular weight is 123 g/mol. The first-order valence-electron chi connectivity index (χ1n) is 3.23. The van der Waals surface area contributed by atoms with Crippen LogP contribution in [0.5, 0.6) is 0 Å². The molecule has 0 aliphatic carbocycles. The van der Waals surface area contributed by atoms with Gasteiger partial charge in [-0.3, -0.25) is 0 Å². The minimum atomic E-state index is 0.323. The lowest BCUT2D eigenvalue weighted by Gasteiger charge is -2.11. The van der Waals surface area contributed by atoms with Crippen molar-refractivity contribution in [2.75, 3.05) is 6.54 Å². The summed E-state index contributed by atoms with van der Waals surface area (Å²) in [6.07, 6.45) is 4.06. The van der Waals surface area contributed by atoms with Crippen molar-refractivity contribution in [2.45, 2.75) is 13.8 Å². The molecule has 0 aromatic rings. The summed E-state index contributed by atoms with van der Waals surface area (Å²) in [4.78, 5) is 0. The lowest BCUT2D eigenvalue weighted by atomic mass is 9.96. The fourth-order valence-electron chi connectivity index (χ4n) is 0.984. The van der Waals surface area contributed by atoms with Crippen LogP contribution in [0.1, 0.15) is 13.8 Å². The predicted octanol–water partition coefficient (Wildman–Crippen LogP) is 1.69. The van der Waals surface area contributed by atoms with E-state index in [9.17, 15) is 0 Å². The van der Waals surface area contributed by atoms with E-state index in [2.05, 4.69) is 31.8 Å². The van der Waals surface area contributed by atoms with Crippen LogP contribution < -0.4 is 5.32 Å². The monoisotopic (exact) mass is 123 g/mol. The molecular weight excluding hydrogens is 110 g/mol. The Morgan fingerprint density at radius 2 is 2.44 bits per heavy atom. The van der Waals surface area contributed by atoms with Gasteiger partial charge in [0.15, 0.2) is 0 Å². The maximum atomic E-state index is 3.68. The molecule has 1 aliphatic heterocycles. The van der Waals surface area contributed by atoms with Gasteiger partial charge in [-0.25, -0.2) is 0 Å². The van der Waals surface area contributed by atoms with Gasteiger partial charge >= 0.3 is 0 Å². The normalized spacial score (nSPS) is 22.7. The fourth-order valence-corrected chi connectivity index (χ4v) is 0.984. The van der Waals surface area contributed by atoms with Crippen molar-refractivity contribution in [1.29, 1.82) is 0 Å². The van der Waals surface area contributed by atoms with Gasteiger partial charge < -0.3 is 5.32 Å². The number of allylic oxidation sites excluding steroid dienone is 1. The van der Waals surface area contributed by atoms with Gasteiger partial charge in [-0.05, 0) is 6.08 Å². The molecule has 1 heterocycles. The molecule has 0 aromatic carbocycles. The van der Waals surface area contributed by atoms with Gasteiger partial charge in [0.05, 0.1) is 0 Å². The second-order valence-corrected chi connectivity index (χ2v) is 3.15. The summed E-state index contributed by atoms with van der Waals surface area (Å²) in [6.45, 7) is 9.12. The highest BCUT2D eigenvalue weighted by Crippen LogP contribution is 2.22. The van der Waals surface area contributed by atoms with Crippen molar-refractivity contribution in [3.05, 3.63) is 24.4 Å². The SMILES string of the molecule is C=CC1=CC(C)(C)CN1. The minimum absolute atomic E-state index is 0.323. The zero-order chi connectivity index (χ0) is 6.91. The quantitative estimate of drug-likeness (QED) is 0.559. The Morgan fingerprint density at radius 3 is 2.67 bits per heavy atom. The van der Waals surface area contributed by atoms with Crippen molar-refractivity contribution >= 4 is 0 Å². The third kappa shape index (κ3) is 1.35. The fraction of sp³-hybridized carbons (Fsp3) is 0.500. The van der Waals surface area contributed by atoms with E-state index in [1.54, 1.807) is 0 Å². The van der Waals surface area contributed by atoms with Gasteiger partial charge in [-0.2, -0.15) is 0 Å². The molecule has 1 heteroatoms. The molecule has 0 fully saturated rings. The van der Waals surface area contributed by atoms with E-state index in [0.29, 0.717) is 5.41 Å². The second-order valence-electron chi connectivity index (χ2n) is 3.15. The highest BCUT2D eigenvalue weighted by atomic mass is 14.9. The average Bonchev–Trinajstić information content (AvgIpc) is 2.10. The van der Waals surface area contributed by atoms with Crippen LogP contribution in [-0.2, 0) is 0 Å². The highest BCUT2D eigenvalue weighted by molar-refractivity contribution is 5.22. The van der Waals surface area contributed by atoms with E-state index in [1.165, 1.54) is 5.70 Å². The Balaban J connectivity index is 2.71. The number of nitrogens with one attached hydrogen (secondary N) is 1. The highest BCUT2D eigenvalue weighted by Gasteiger charge is 2.20. The first-order chi connectivity index (χ1) is 4.14. The van der Waals surface area contributed by atoms with E-state index in [-0.39, 0.29) is 0 Å². The summed E-state index contributed by atoms with van der Waals surface area (Å²) in [7, 11) is 0. The van der Waals surface area contributed by atoms with Crippen LogP contribution in [0.15, 0.2) is 24.4 Å². The van der Waals surface area contributed by atoms with E-state index < -0.39 is 0 Å². The standard InChI is InChI=1S/C8H13N/c1-4-7-5-8(2,3)6-9-7/h4-5,9H,1,6H2,2-3H3.